The van der Waals surface area contributed by atoms with Crippen LogP contribution in [0.1, 0.15) is 38.3 Å². The molecular formula is C26H31FN2O5. The van der Waals surface area contributed by atoms with Crippen LogP contribution in [0.4, 0.5) is 14.0 Å². The van der Waals surface area contributed by atoms with Gasteiger partial charge < -0.3 is 24.0 Å². The first kappa shape index (κ1) is 24.0. The predicted octanol–water partition coefficient (Wildman–Crippen LogP) is 4.74. The molecule has 0 aromatic heterocycles. The van der Waals surface area contributed by atoms with Crippen LogP contribution >= 0.6 is 0 Å². The summed E-state index contributed by atoms with van der Waals surface area (Å²) in [5.41, 5.74) is 1.08. The molecule has 0 saturated carbocycles. The molecule has 2 aliphatic heterocycles. The lowest BCUT2D eigenvalue weighted by atomic mass is 10.1. The molecular weight excluding hydrogens is 439 g/mol. The number of hydrogen-bond acceptors (Lipinski definition) is 5. The number of rotatable bonds is 5. The Hall–Kier alpha value is -3.13. The molecule has 0 radical (unpaired) electrons. The maximum absolute atomic E-state index is 13.3. The van der Waals surface area contributed by atoms with E-state index in [1.807, 2.05) is 51.1 Å². The van der Waals surface area contributed by atoms with Gasteiger partial charge in [0, 0.05) is 6.54 Å². The second-order valence-corrected chi connectivity index (χ2v) is 9.69. The predicted molar refractivity (Wildman–Crippen MR) is 123 cm³/mol. The van der Waals surface area contributed by atoms with Crippen LogP contribution in [0.2, 0.25) is 0 Å². The molecule has 0 bridgehead atoms. The van der Waals surface area contributed by atoms with Crippen LogP contribution in [-0.2, 0) is 27.4 Å². The summed E-state index contributed by atoms with van der Waals surface area (Å²) in [7, 11) is 0. The average molecular weight is 471 g/mol. The Morgan fingerprint density at radius 1 is 0.941 bits per heavy atom. The molecule has 0 spiro atoms. The number of ether oxygens (including phenoxy) is 3. The van der Waals surface area contributed by atoms with E-state index in [9.17, 15) is 14.0 Å². The van der Waals surface area contributed by atoms with Crippen molar-refractivity contribution in [1.29, 1.82) is 0 Å². The molecule has 0 N–H and O–H groups in total. The van der Waals surface area contributed by atoms with Crippen molar-refractivity contribution >= 4 is 12.2 Å². The highest BCUT2D eigenvalue weighted by molar-refractivity contribution is 5.72. The van der Waals surface area contributed by atoms with Crippen LogP contribution in [0.15, 0.2) is 54.6 Å². The largest absolute Gasteiger partial charge is 0.445 e. The normalized spacial score (nSPS) is 21.9. The van der Waals surface area contributed by atoms with Crippen LogP contribution in [0, 0.1) is 5.82 Å². The Kier molecular flexibility index (Phi) is 7.07. The highest BCUT2D eigenvalue weighted by Gasteiger charge is 2.53. The Labute approximate surface area is 199 Å². The third kappa shape index (κ3) is 5.67. The van der Waals surface area contributed by atoms with Gasteiger partial charge in [-0.15, -0.1) is 0 Å². The summed E-state index contributed by atoms with van der Waals surface area (Å²) in [6, 6.07) is 15.0. The van der Waals surface area contributed by atoms with Crippen LogP contribution in [-0.4, -0.2) is 58.9 Å². The number of nitrogens with zero attached hydrogens (tertiary/aromatic N) is 2. The van der Waals surface area contributed by atoms with Crippen molar-refractivity contribution in [1.82, 2.24) is 9.80 Å². The van der Waals surface area contributed by atoms with E-state index in [0.717, 1.165) is 11.1 Å². The summed E-state index contributed by atoms with van der Waals surface area (Å²) < 4.78 is 30.6. The third-order valence-electron chi connectivity index (χ3n) is 6.02. The molecule has 3 atom stereocenters. The first-order valence-electron chi connectivity index (χ1n) is 11.5. The van der Waals surface area contributed by atoms with Gasteiger partial charge in [-0.05, 0) is 50.5 Å². The summed E-state index contributed by atoms with van der Waals surface area (Å²) >= 11 is 0. The van der Waals surface area contributed by atoms with Crippen LogP contribution < -0.4 is 0 Å². The number of carbonyl (C=O) groups excluding carboxylic acids is 2. The molecule has 34 heavy (non-hydrogen) atoms. The molecule has 8 heteroatoms. The minimum atomic E-state index is -0.632. The van der Waals surface area contributed by atoms with Gasteiger partial charge in [0.25, 0.3) is 0 Å². The summed E-state index contributed by atoms with van der Waals surface area (Å²) in [5.74, 6) is -0.316. The van der Waals surface area contributed by atoms with Gasteiger partial charge in [-0.3, -0.25) is 0 Å². The van der Waals surface area contributed by atoms with E-state index in [4.69, 9.17) is 14.2 Å². The van der Waals surface area contributed by atoms with Crippen molar-refractivity contribution in [2.24, 2.45) is 0 Å². The average Bonchev–Trinajstić information content (AvgIpc) is 3.38. The van der Waals surface area contributed by atoms with Gasteiger partial charge in [0.05, 0.1) is 31.3 Å². The minimum absolute atomic E-state index is 0.171. The van der Waals surface area contributed by atoms with E-state index in [1.165, 1.54) is 12.1 Å². The lowest BCUT2D eigenvalue weighted by Gasteiger charge is -2.28. The topological polar surface area (TPSA) is 68.3 Å². The lowest BCUT2D eigenvalue weighted by molar-refractivity contribution is -0.000317. The van der Waals surface area contributed by atoms with Gasteiger partial charge in [0.1, 0.15) is 18.0 Å². The smallest absolute Gasteiger partial charge is 0.410 e. The maximum Gasteiger partial charge on any atom is 0.410 e. The molecule has 7 nitrogen and oxygen atoms in total. The van der Waals surface area contributed by atoms with Gasteiger partial charge in [-0.25, -0.2) is 14.0 Å². The molecule has 2 aliphatic rings. The van der Waals surface area contributed by atoms with E-state index in [-0.39, 0.29) is 31.1 Å². The van der Waals surface area contributed by atoms with Crippen molar-refractivity contribution < 1.29 is 28.2 Å². The monoisotopic (exact) mass is 470 g/mol. The number of fused-ring (bicyclic) bond motifs is 1. The van der Waals surface area contributed by atoms with Gasteiger partial charge in [0.2, 0.25) is 0 Å². The van der Waals surface area contributed by atoms with Gasteiger partial charge >= 0.3 is 12.2 Å². The number of carbonyl (C=O) groups is 2. The molecule has 2 fully saturated rings. The molecule has 2 aromatic carbocycles. The highest BCUT2D eigenvalue weighted by atomic mass is 19.1. The second-order valence-electron chi connectivity index (χ2n) is 9.69. The summed E-state index contributed by atoms with van der Waals surface area (Å²) in [6.45, 7) is 6.63. The molecule has 2 aromatic rings. The standard InChI is InChI=1S/C26H31FN2O5/c1-26(2,3)34-25(31)29-15-22(32-16-19-9-11-20(27)12-10-19)23-21(29)13-14-28(23)24(30)33-17-18-7-5-4-6-8-18/h4-12,21-23H,13-17H2,1-3H3/t21-,22+,23+/m1/s1. The zero-order valence-electron chi connectivity index (χ0n) is 19.8. The second kappa shape index (κ2) is 10.0. The SMILES string of the molecule is CC(C)(C)OC(=O)N1C[C@H](OCc2ccc(F)cc2)[C@@H]2[C@H]1CCN2C(=O)OCc1ccccc1. The van der Waals surface area contributed by atoms with Crippen molar-refractivity contribution in [2.75, 3.05) is 13.1 Å². The number of benzene rings is 2. The van der Waals surface area contributed by atoms with E-state index in [1.54, 1.807) is 21.9 Å². The van der Waals surface area contributed by atoms with Crippen molar-refractivity contribution in [3.63, 3.8) is 0 Å². The Morgan fingerprint density at radius 2 is 1.62 bits per heavy atom. The van der Waals surface area contributed by atoms with Crippen molar-refractivity contribution in [2.45, 2.75) is 64.2 Å². The fourth-order valence-electron chi connectivity index (χ4n) is 4.51. The zero-order chi connectivity index (χ0) is 24.3. The third-order valence-corrected chi connectivity index (χ3v) is 6.02. The molecule has 2 amide bonds. The van der Waals surface area contributed by atoms with Crippen LogP contribution in [0.3, 0.4) is 0 Å². The van der Waals surface area contributed by atoms with Crippen LogP contribution in [0.5, 0.6) is 0 Å². The van der Waals surface area contributed by atoms with E-state index in [2.05, 4.69) is 0 Å². The molecule has 2 saturated heterocycles. The Morgan fingerprint density at radius 3 is 2.29 bits per heavy atom. The quantitative estimate of drug-likeness (QED) is 0.631. The molecule has 0 unspecified atom stereocenters. The molecule has 2 heterocycles. The number of halogens is 1. The van der Waals surface area contributed by atoms with E-state index < -0.39 is 23.9 Å². The van der Waals surface area contributed by atoms with Gasteiger partial charge in [0.15, 0.2) is 0 Å². The van der Waals surface area contributed by atoms with Crippen LogP contribution in [0.25, 0.3) is 0 Å². The zero-order valence-corrected chi connectivity index (χ0v) is 19.8. The molecule has 4 rings (SSSR count). The highest BCUT2D eigenvalue weighted by Crippen LogP contribution is 2.35. The Balaban J connectivity index is 1.47. The maximum atomic E-state index is 13.3. The fraction of sp³-hybridized carbons (Fsp3) is 0.462. The number of hydrogen-bond donors (Lipinski definition) is 0. The van der Waals surface area contributed by atoms with E-state index >= 15 is 0 Å². The Bertz CT molecular complexity index is 993. The summed E-state index contributed by atoms with van der Waals surface area (Å²) in [5, 5.41) is 0. The van der Waals surface area contributed by atoms with Crippen molar-refractivity contribution in [3.05, 3.63) is 71.5 Å². The molecule has 0 aliphatic carbocycles. The molecule has 182 valence electrons. The van der Waals surface area contributed by atoms with E-state index in [0.29, 0.717) is 19.5 Å². The van der Waals surface area contributed by atoms with Gasteiger partial charge in [-0.2, -0.15) is 0 Å². The van der Waals surface area contributed by atoms with Crippen molar-refractivity contribution in [3.8, 4) is 0 Å². The number of likely N-dealkylation sites (tertiary alicyclic amines) is 2. The summed E-state index contributed by atoms with van der Waals surface area (Å²) in [6.07, 6.45) is -0.664. The minimum Gasteiger partial charge on any atom is -0.445 e. The first-order valence-corrected chi connectivity index (χ1v) is 11.5. The fourth-order valence-corrected chi connectivity index (χ4v) is 4.51. The summed E-state index contributed by atoms with van der Waals surface area (Å²) in [4.78, 5) is 29.2. The van der Waals surface area contributed by atoms with Gasteiger partial charge in [-0.1, -0.05) is 42.5 Å². The number of amides is 2. The lowest BCUT2D eigenvalue weighted by Crippen LogP contribution is -2.46. The first-order chi connectivity index (χ1) is 16.2.